The molecule has 0 aliphatic carbocycles. The van der Waals surface area contributed by atoms with Gasteiger partial charge in [0.25, 0.3) is 0 Å². The highest BCUT2D eigenvalue weighted by Gasteiger charge is 2.32. The number of nitrogens with one attached hydrogen (secondary N) is 1. The number of ether oxygens (including phenoxy) is 3. The Morgan fingerprint density at radius 3 is 2.38 bits per heavy atom. The standard InChI is InChI=1S/C35H43N7O5/c1-24(2)29-21-32(39-35(38-29)41-15-14-36-23-41)42-17-16-40(34(44)19-25-6-9-28(45-3)10-7-25)22-27(42)20-33(43)37-13-12-26-8-11-30(46-4)31(18-26)47-5/h6-11,14-15,18,21,23-24,27H,12-13,16-17,19-20,22H2,1-5H3,(H,37,43). The summed E-state index contributed by atoms with van der Waals surface area (Å²) in [6.07, 6.45) is 6.26. The first-order valence-corrected chi connectivity index (χ1v) is 15.8. The fraction of sp³-hybridized carbons (Fsp3) is 0.400. The molecule has 2 aromatic carbocycles. The van der Waals surface area contributed by atoms with E-state index < -0.39 is 0 Å². The van der Waals surface area contributed by atoms with E-state index in [-0.39, 0.29) is 36.6 Å². The Bertz CT molecular complexity index is 1640. The summed E-state index contributed by atoms with van der Waals surface area (Å²) in [5.41, 5.74) is 2.81. The molecule has 1 aliphatic heterocycles. The van der Waals surface area contributed by atoms with E-state index in [0.29, 0.717) is 50.0 Å². The Labute approximate surface area is 275 Å². The van der Waals surface area contributed by atoms with E-state index in [1.165, 1.54) is 0 Å². The molecule has 0 radical (unpaired) electrons. The lowest BCUT2D eigenvalue weighted by atomic mass is 10.0. The number of nitrogens with zero attached hydrogens (tertiary/aromatic N) is 6. The van der Waals surface area contributed by atoms with Gasteiger partial charge in [0.05, 0.1) is 39.5 Å². The van der Waals surface area contributed by atoms with Gasteiger partial charge in [-0.05, 0) is 47.7 Å². The fourth-order valence-electron chi connectivity index (χ4n) is 5.63. The largest absolute Gasteiger partial charge is 0.497 e. The van der Waals surface area contributed by atoms with Crippen molar-refractivity contribution in [3.8, 4) is 23.2 Å². The maximum atomic E-state index is 13.5. The third-order valence-corrected chi connectivity index (χ3v) is 8.30. The van der Waals surface area contributed by atoms with Crippen LogP contribution in [0.4, 0.5) is 5.82 Å². The summed E-state index contributed by atoms with van der Waals surface area (Å²) < 4.78 is 17.8. The van der Waals surface area contributed by atoms with Crippen LogP contribution in [0.1, 0.15) is 43.0 Å². The maximum Gasteiger partial charge on any atom is 0.237 e. The van der Waals surface area contributed by atoms with Crippen LogP contribution in [-0.4, -0.2) is 89.8 Å². The van der Waals surface area contributed by atoms with Gasteiger partial charge >= 0.3 is 0 Å². The van der Waals surface area contributed by atoms with Gasteiger partial charge in [-0.3, -0.25) is 14.2 Å². The van der Waals surface area contributed by atoms with Crippen LogP contribution in [0, 0.1) is 0 Å². The number of imidazole rings is 1. The number of piperazine rings is 1. The van der Waals surface area contributed by atoms with Crippen molar-refractivity contribution in [2.24, 2.45) is 0 Å². The lowest BCUT2D eigenvalue weighted by Gasteiger charge is -2.42. The number of hydrogen-bond acceptors (Lipinski definition) is 9. The summed E-state index contributed by atoms with van der Waals surface area (Å²) in [4.78, 5) is 44.7. The van der Waals surface area contributed by atoms with E-state index >= 15 is 0 Å². The molecular formula is C35H43N7O5. The maximum absolute atomic E-state index is 13.5. The minimum atomic E-state index is -0.296. The molecule has 12 heteroatoms. The van der Waals surface area contributed by atoms with Crippen molar-refractivity contribution in [2.45, 2.75) is 45.1 Å². The van der Waals surface area contributed by atoms with Gasteiger partial charge in [0.2, 0.25) is 17.8 Å². The van der Waals surface area contributed by atoms with Gasteiger partial charge in [-0.2, -0.15) is 4.98 Å². The van der Waals surface area contributed by atoms with Crippen molar-refractivity contribution in [3.63, 3.8) is 0 Å². The molecule has 0 saturated carbocycles. The summed E-state index contributed by atoms with van der Waals surface area (Å²) in [5.74, 6) is 3.35. The van der Waals surface area contributed by atoms with E-state index in [2.05, 4.69) is 29.0 Å². The Hall–Kier alpha value is -5.13. The lowest BCUT2D eigenvalue weighted by molar-refractivity contribution is -0.132. The van der Waals surface area contributed by atoms with Gasteiger partial charge in [-0.15, -0.1) is 0 Å². The average Bonchev–Trinajstić information content (AvgIpc) is 3.64. The number of amides is 2. The van der Waals surface area contributed by atoms with E-state index in [1.54, 1.807) is 38.4 Å². The van der Waals surface area contributed by atoms with Crippen LogP contribution in [-0.2, 0) is 22.4 Å². The molecule has 1 saturated heterocycles. The molecule has 0 bridgehead atoms. The monoisotopic (exact) mass is 641 g/mol. The summed E-state index contributed by atoms with van der Waals surface area (Å²) in [7, 11) is 4.82. The molecule has 2 amide bonds. The average molecular weight is 642 g/mol. The number of methoxy groups -OCH3 is 3. The molecule has 2 aromatic heterocycles. The fourth-order valence-corrected chi connectivity index (χ4v) is 5.63. The Morgan fingerprint density at radius 1 is 0.936 bits per heavy atom. The highest BCUT2D eigenvalue weighted by atomic mass is 16.5. The zero-order chi connectivity index (χ0) is 33.3. The van der Waals surface area contributed by atoms with Crippen LogP contribution in [0.5, 0.6) is 17.2 Å². The predicted molar refractivity (Wildman–Crippen MR) is 179 cm³/mol. The van der Waals surface area contributed by atoms with Gasteiger partial charge in [-0.25, -0.2) is 9.97 Å². The molecule has 5 rings (SSSR count). The molecule has 1 fully saturated rings. The number of rotatable bonds is 13. The predicted octanol–water partition coefficient (Wildman–Crippen LogP) is 3.82. The first-order chi connectivity index (χ1) is 22.8. The van der Waals surface area contributed by atoms with Crippen LogP contribution in [0.25, 0.3) is 5.95 Å². The SMILES string of the molecule is COc1ccc(CC(=O)N2CCN(c3cc(C(C)C)nc(-n4ccnc4)n3)C(CC(=O)NCCc3ccc(OC)c(OC)c3)C2)cc1. The number of aromatic nitrogens is 4. The normalized spacial score (nSPS) is 14.6. The molecule has 47 heavy (non-hydrogen) atoms. The van der Waals surface area contributed by atoms with Crippen LogP contribution >= 0.6 is 0 Å². The minimum absolute atomic E-state index is 0.0124. The van der Waals surface area contributed by atoms with Gasteiger partial charge < -0.3 is 29.3 Å². The second-order valence-electron chi connectivity index (χ2n) is 11.8. The summed E-state index contributed by atoms with van der Waals surface area (Å²) >= 11 is 0. The molecule has 1 atom stereocenters. The molecule has 248 valence electrons. The van der Waals surface area contributed by atoms with Crippen LogP contribution in [0.15, 0.2) is 67.3 Å². The molecule has 1 N–H and O–H groups in total. The smallest absolute Gasteiger partial charge is 0.237 e. The van der Waals surface area contributed by atoms with E-state index in [1.807, 2.05) is 59.6 Å². The van der Waals surface area contributed by atoms with E-state index in [0.717, 1.165) is 28.4 Å². The number of anilines is 1. The Kier molecular flexibility index (Phi) is 10.9. The molecular weight excluding hydrogens is 598 g/mol. The molecule has 4 aromatic rings. The van der Waals surface area contributed by atoms with Crippen LogP contribution < -0.4 is 24.4 Å². The molecule has 0 spiro atoms. The molecule has 3 heterocycles. The first kappa shape index (κ1) is 33.2. The molecule has 12 nitrogen and oxygen atoms in total. The zero-order valence-electron chi connectivity index (χ0n) is 27.7. The van der Waals surface area contributed by atoms with Crippen molar-refractivity contribution >= 4 is 17.6 Å². The summed E-state index contributed by atoms with van der Waals surface area (Å²) in [5, 5.41) is 3.08. The first-order valence-electron chi connectivity index (χ1n) is 15.8. The van der Waals surface area contributed by atoms with Crippen molar-refractivity contribution in [2.75, 3.05) is 52.4 Å². The van der Waals surface area contributed by atoms with Gasteiger partial charge in [0, 0.05) is 51.1 Å². The van der Waals surface area contributed by atoms with Crippen molar-refractivity contribution in [1.82, 2.24) is 29.7 Å². The van der Waals surface area contributed by atoms with Crippen molar-refractivity contribution < 1.29 is 23.8 Å². The number of carbonyl (C=O) groups excluding carboxylic acids is 2. The number of hydrogen-bond donors (Lipinski definition) is 1. The summed E-state index contributed by atoms with van der Waals surface area (Å²) in [6, 6.07) is 15.0. The highest BCUT2D eigenvalue weighted by molar-refractivity contribution is 5.80. The van der Waals surface area contributed by atoms with Gasteiger partial charge in [0.15, 0.2) is 11.5 Å². The van der Waals surface area contributed by atoms with E-state index in [9.17, 15) is 9.59 Å². The van der Waals surface area contributed by atoms with Gasteiger partial charge in [0.1, 0.15) is 17.9 Å². The minimum Gasteiger partial charge on any atom is -0.497 e. The summed E-state index contributed by atoms with van der Waals surface area (Å²) in [6.45, 7) is 6.05. The quantitative estimate of drug-likeness (QED) is 0.232. The third-order valence-electron chi connectivity index (χ3n) is 8.30. The van der Waals surface area contributed by atoms with E-state index in [4.69, 9.17) is 24.2 Å². The number of benzene rings is 2. The van der Waals surface area contributed by atoms with Gasteiger partial charge in [-0.1, -0.05) is 32.0 Å². The second kappa shape index (κ2) is 15.4. The topological polar surface area (TPSA) is 124 Å². The lowest BCUT2D eigenvalue weighted by Crippen LogP contribution is -2.56. The Balaban J connectivity index is 1.33. The molecule has 1 aliphatic rings. The number of carbonyl (C=O) groups is 2. The third kappa shape index (κ3) is 8.37. The Morgan fingerprint density at radius 2 is 1.70 bits per heavy atom. The van der Waals surface area contributed by atoms with Crippen LogP contribution in [0.2, 0.25) is 0 Å². The van der Waals surface area contributed by atoms with Crippen molar-refractivity contribution in [1.29, 1.82) is 0 Å². The van der Waals surface area contributed by atoms with Crippen LogP contribution in [0.3, 0.4) is 0 Å². The second-order valence-corrected chi connectivity index (χ2v) is 11.8. The van der Waals surface area contributed by atoms with Crippen molar-refractivity contribution in [3.05, 3.63) is 84.1 Å². The highest BCUT2D eigenvalue weighted by Crippen LogP contribution is 2.28. The molecule has 1 unspecified atom stereocenters. The zero-order valence-corrected chi connectivity index (χ0v) is 27.7.